The Morgan fingerprint density at radius 3 is 1.51 bits per heavy atom. The Balaban J connectivity index is 1.49. The Labute approximate surface area is 269 Å². The standard InChI is InChI=1S/C40H78O3/c1-29(17-13-19-31(3)21-23-36-33(5)25-34(41)26-38(36,6)7)15-11-12-16-30(2)18-14-20-32(4)22-24-37(43)40(10)28-35(42)27-39(40,8)9/h29-37,41-43H,11-28H2,1-10H3/t29?,30?,31?,32?,33?,34-,35+,36?,37?,40+/m1/s1. The first kappa shape index (κ1) is 39.1. The van der Waals surface area contributed by atoms with E-state index in [1.165, 1.54) is 77.0 Å². The van der Waals surface area contributed by atoms with Gasteiger partial charge in [-0.3, -0.25) is 0 Å². The van der Waals surface area contributed by atoms with Crippen LogP contribution in [0, 0.1) is 51.8 Å². The highest BCUT2D eigenvalue weighted by Gasteiger charge is 2.52. The van der Waals surface area contributed by atoms with Gasteiger partial charge in [-0.15, -0.1) is 0 Å². The van der Waals surface area contributed by atoms with Crippen molar-refractivity contribution in [1.82, 2.24) is 0 Å². The van der Waals surface area contributed by atoms with E-state index in [9.17, 15) is 15.3 Å². The summed E-state index contributed by atoms with van der Waals surface area (Å²) < 4.78 is 0. The Bertz CT molecular complexity index is 761. The molecule has 0 spiro atoms. The molecule has 0 saturated heterocycles. The van der Waals surface area contributed by atoms with Crippen LogP contribution in [0.25, 0.3) is 0 Å². The van der Waals surface area contributed by atoms with E-state index in [-0.39, 0.29) is 34.6 Å². The van der Waals surface area contributed by atoms with Gasteiger partial charge in [-0.2, -0.15) is 0 Å². The van der Waals surface area contributed by atoms with Crippen molar-refractivity contribution in [3.8, 4) is 0 Å². The van der Waals surface area contributed by atoms with Crippen LogP contribution in [0.3, 0.4) is 0 Å². The van der Waals surface area contributed by atoms with Crippen LogP contribution in [0.15, 0.2) is 0 Å². The van der Waals surface area contributed by atoms with E-state index in [1.807, 2.05) is 0 Å². The van der Waals surface area contributed by atoms with Gasteiger partial charge < -0.3 is 15.3 Å². The van der Waals surface area contributed by atoms with Gasteiger partial charge in [0.05, 0.1) is 18.3 Å². The zero-order valence-corrected chi connectivity index (χ0v) is 30.8. The average molecular weight is 607 g/mol. The van der Waals surface area contributed by atoms with Gasteiger partial charge in [0.1, 0.15) is 0 Å². The maximum Gasteiger partial charge on any atom is 0.0600 e. The van der Waals surface area contributed by atoms with Crippen molar-refractivity contribution in [3.05, 3.63) is 0 Å². The van der Waals surface area contributed by atoms with Crippen molar-refractivity contribution in [1.29, 1.82) is 0 Å². The lowest BCUT2D eigenvalue weighted by Gasteiger charge is -2.45. The summed E-state index contributed by atoms with van der Waals surface area (Å²) in [6.45, 7) is 23.5. The van der Waals surface area contributed by atoms with Crippen LogP contribution in [0.2, 0.25) is 0 Å². The summed E-state index contributed by atoms with van der Waals surface area (Å²) in [5.41, 5.74) is 0.107. The Kier molecular flexibility index (Phi) is 16.1. The first-order valence-electron chi connectivity index (χ1n) is 19.0. The maximum atomic E-state index is 11.0. The topological polar surface area (TPSA) is 60.7 Å². The SMILES string of the molecule is CC(CCCCC(C)CCCC(C)CCC(O)[C@]1(C)C[C@@H](O)CC1(C)C)CCCC(C)CCC1C(C)C[C@@H](O)CC1(C)C. The molecule has 3 N–H and O–H groups in total. The van der Waals surface area contributed by atoms with Crippen molar-refractivity contribution < 1.29 is 15.3 Å². The highest BCUT2D eigenvalue weighted by Crippen LogP contribution is 2.55. The number of aliphatic hydroxyl groups is 3. The number of hydrogen-bond donors (Lipinski definition) is 3. The molecule has 0 amide bonds. The van der Waals surface area contributed by atoms with E-state index in [4.69, 9.17) is 0 Å². The average Bonchev–Trinajstić information content (AvgIpc) is 3.10. The van der Waals surface area contributed by atoms with Gasteiger partial charge in [-0.05, 0) is 91.3 Å². The zero-order valence-electron chi connectivity index (χ0n) is 30.8. The maximum absolute atomic E-state index is 11.0. The van der Waals surface area contributed by atoms with Gasteiger partial charge in [0.15, 0.2) is 0 Å². The number of unbranched alkanes of at least 4 members (excludes halogenated alkanes) is 1. The van der Waals surface area contributed by atoms with E-state index in [2.05, 4.69) is 69.2 Å². The smallest absolute Gasteiger partial charge is 0.0600 e. The molecule has 2 saturated carbocycles. The monoisotopic (exact) mass is 607 g/mol. The van der Waals surface area contributed by atoms with Crippen molar-refractivity contribution in [2.75, 3.05) is 0 Å². The van der Waals surface area contributed by atoms with Crippen LogP contribution in [0.4, 0.5) is 0 Å². The van der Waals surface area contributed by atoms with Crippen LogP contribution >= 0.6 is 0 Å². The molecule has 256 valence electrons. The van der Waals surface area contributed by atoms with Crippen molar-refractivity contribution in [3.63, 3.8) is 0 Å². The molecule has 3 nitrogen and oxygen atoms in total. The number of hydrogen-bond acceptors (Lipinski definition) is 3. The van der Waals surface area contributed by atoms with Crippen LogP contribution < -0.4 is 0 Å². The minimum Gasteiger partial charge on any atom is -0.393 e. The minimum atomic E-state index is -0.314. The molecular formula is C40H78O3. The second-order valence-electron chi connectivity index (χ2n) is 18.3. The summed E-state index contributed by atoms with van der Waals surface area (Å²) in [5.74, 6) is 4.59. The summed E-state index contributed by atoms with van der Waals surface area (Å²) in [6, 6.07) is 0. The molecule has 3 heteroatoms. The lowest BCUT2D eigenvalue weighted by molar-refractivity contribution is -0.0369. The van der Waals surface area contributed by atoms with Crippen molar-refractivity contribution >= 4 is 0 Å². The Morgan fingerprint density at radius 2 is 1.05 bits per heavy atom. The van der Waals surface area contributed by atoms with Crippen molar-refractivity contribution in [2.45, 2.75) is 203 Å². The van der Waals surface area contributed by atoms with Gasteiger partial charge in [-0.25, -0.2) is 0 Å². The molecule has 0 aromatic rings. The lowest BCUT2D eigenvalue weighted by atomic mass is 9.61. The molecular weight excluding hydrogens is 528 g/mol. The van der Waals surface area contributed by atoms with E-state index in [0.717, 1.165) is 62.2 Å². The molecule has 43 heavy (non-hydrogen) atoms. The number of rotatable bonds is 20. The third-order valence-electron chi connectivity index (χ3n) is 13.1. The predicted molar refractivity (Wildman–Crippen MR) is 186 cm³/mol. The van der Waals surface area contributed by atoms with Gasteiger partial charge in [0.2, 0.25) is 0 Å². The van der Waals surface area contributed by atoms with E-state index < -0.39 is 0 Å². The number of aliphatic hydroxyl groups excluding tert-OH is 3. The largest absolute Gasteiger partial charge is 0.393 e. The lowest BCUT2D eigenvalue weighted by Crippen LogP contribution is -2.41. The summed E-state index contributed by atoms with van der Waals surface area (Å²) in [5, 5.41) is 31.4. The highest BCUT2D eigenvalue weighted by molar-refractivity contribution is 5.02. The normalized spacial score (nSPS) is 32.3. The molecule has 2 fully saturated rings. The molecule has 0 radical (unpaired) electrons. The first-order chi connectivity index (χ1) is 20.0. The van der Waals surface area contributed by atoms with E-state index >= 15 is 0 Å². The summed E-state index contributed by atoms with van der Waals surface area (Å²) in [4.78, 5) is 0. The second-order valence-corrected chi connectivity index (χ2v) is 18.3. The molecule has 2 aliphatic carbocycles. The molecule has 0 bridgehead atoms. The molecule has 0 aliphatic heterocycles. The third-order valence-corrected chi connectivity index (χ3v) is 13.1. The van der Waals surface area contributed by atoms with Crippen LogP contribution in [-0.2, 0) is 0 Å². The molecule has 0 aromatic heterocycles. The molecule has 2 rings (SSSR count). The van der Waals surface area contributed by atoms with Gasteiger partial charge in [0.25, 0.3) is 0 Å². The van der Waals surface area contributed by atoms with E-state index in [1.54, 1.807) is 0 Å². The minimum absolute atomic E-state index is 0.00128. The molecule has 10 atom stereocenters. The molecule has 7 unspecified atom stereocenters. The van der Waals surface area contributed by atoms with Crippen LogP contribution in [0.5, 0.6) is 0 Å². The Hall–Kier alpha value is -0.120. The second kappa shape index (κ2) is 17.7. The first-order valence-corrected chi connectivity index (χ1v) is 19.0. The van der Waals surface area contributed by atoms with Gasteiger partial charge in [0, 0.05) is 5.41 Å². The predicted octanol–water partition coefficient (Wildman–Crippen LogP) is 11.0. The summed E-state index contributed by atoms with van der Waals surface area (Å²) >= 11 is 0. The fourth-order valence-corrected chi connectivity index (χ4v) is 9.55. The van der Waals surface area contributed by atoms with Gasteiger partial charge in [-0.1, -0.05) is 140 Å². The quantitative estimate of drug-likeness (QED) is 0.121. The molecule has 0 aromatic carbocycles. The van der Waals surface area contributed by atoms with Crippen molar-refractivity contribution in [2.24, 2.45) is 51.8 Å². The van der Waals surface area contributed by atoms with E-state index in [0.29, 0.717) is 11.8 Å². The highest BCUT2D eigenvalue weighted by atomic mass is 16.3. The Morgan fingerprint density at radius 1 is 0.581 bits per heavy atom. The molecule has 2 aliphatic rings. The fourth-order valence-electron chi connectivity index (χ4n) is 9.55. The van der Waals surface area contributed by atoms with Crippen LogP contribution in [0.1, 0.15) is 185 Å². The van der Waals surface area contributed by atoms with Crippen LogP contribution in [-0.4, -0.2) is 33.6 Å². The zero-order chi connectivity index (χ0) is 32.4. The molecule has 0 heterocycles. The van der Waals surface area contributed by atoms with Gasteiger partial charge >= 0.3 is 0 Å². The summed E-state index contributed by atoms with van der Waals surface area (Å²) in [7, 11) is 0. The summed E-state index contributed by atoms with van der Waals surface area (Å²) in [6.07, 6.45) is 21.1. The third kappa shape index (κ3) is 12.5. The fraction of sp³-hybridized carbons (Fsp3) is 1.00.